The molecular weight excluding hydrogens is 751 g/mol. The first-order chi connectivity index (χ1) is 30.2. The zero-order valence-electron chi connectivity index (χ0n) is 32.7. The molecule has 0 saturated heterocycles. The van der Waals surface area contributed by atoms with Crippen LogP contribution in [0.25, 0.3) is 128 Å². The zero-order valence-corrected chi connectivity index (χ0v) is 32.7. The summed E-state index contributed by atoms with van der Waals surface area (Å²) in [5.41, 5.74) is 12.3. The van der Waals surface area contributed by atoms with Crippen LogP contribution in [0.15, 0.2) is 183 Å². The summed E-state index contributed by atoms with van der Waals surface area (Å²) >= 11 is 0. The molecule has 0 spiro atoms. The van der Waals surface area contributed by atoms with Gasteiger partial charge in [0.05, 0.1) is 0 Å². The van der Waals surface area contributed by atoms with E-state index in [2.05, 4.69) is 127 Å². The van der Waals surface area contributed by atoms with Crippen LogP contribution in [0.1, 0.15) is 17.7 Å². The number of hydrogen-bond donors (Lipinski definition) is 0. The van der Waals surface area contributed by atoms with E-state index < -0.39 is 0 Å². The van der Waals surface area contributed by atoms with Crippen molar-refractivity contribution >= 4 is 71.7 Å². The van der Waals surface area contributed by atoms with Crippen molar-refractivity contribution in [2.24, 2.45) is 0 Å². The minimum absolute atomic E-state index is 0.560. The number of para-hydroxylation sites is 2. The topological polar surface area (TPSA) is 78.1 Å². The molecule has 1 aliphatic carbocycles. The predicted molar refractivity (Wildman–Crippen MR) is 246 cm³/mol. The van der Waals surface area contributed by atoms with E-state index in [0.29, 0.717) is 17.5 Å². The average Bonchev–Trinajstić information content (AvgIpc) is 4.02. The van der Waals surface area contributed by atoms with Crippen molar-refractivity contribution in [1.29, 1.82) is 0 Å². The molecule has 286 valence electrons. The molecule has 0 atom stereocenters. The highest BCUT2D eigenvalue weighted by atomic mass is 16.3. The highest BCUT2D eigenvalue weighted by Gasteiger charge is 2.25. The van der Waals surface area contributed by atoms with Crippen molar-refractivity contribution in [3.8, 4) is 56.4 Å². The molecule has 0 radical (unpaired) electrons. The summed E-state index contributed by atoms with van der Waals surface area (Å²) in [6, 6.07) is 56.4. The lowest BCUT2D eigenvalue weighted by molar-refractivity contribution is 0.546. The highest BCUT2D eigenvalue weighted by molar-refractivity contribution is 6.21. The normalized spacial score (nSPS) is 12.7. The summed E-state index contributed by atoms with van der Waals surface area (Å²) in [7, 11) is 0. The van der Waals surface area contributed by atoms with Gasteiger partial charge in [0, 0.05) is 66.7 Å². The maximum Gasteiger partial charge on any atom is 0.164 e. The van der Waals surface area contributed by atoms with E-state index in [9.17, 15) is 0 Å². The molecule has 0 N–H and O–H groups in total. The molecule has 0 amide bonds. The Kier molecular flexibility index (Phi) is 7.33. The van der Waals surface area contributed by atoms with Crippen molar-refractivity contribution in [2.45, 2.75) is 12.8 Å². The Hall–Kier alpha value is -8.09. The third-order valence-electron chi connectivity index (χ3n) is 12.2. The lowest BCUT2D eigenvalue weighted by Crippen LogP contribution is -2.00. The van der Waals surface area contributed by atoms with Crippen LogP contribution in [0.5, 0.6) is 0 Å². The van der Waals surface area contributed by atoms with Crippen LogP contribution in [0.2, 0.25) is 0 Å². The first-order valence-electron chi connectivity index (χ1n) is 20.6. The first-order valence-corrected chi connectivity index (χ1v) is 20.6. The third kappa shape index (κ3) is 5.32. The van der Waals surface area contributed by atoms with Crippen LogP contribution in [0.3, 0.4) is 0 Å². The van der Waals surface area contributed by atoms with Crippen LogP contribution in [-0.2, 0) is 6.42 Å². The van der Waals surface area contributed by atoms with E-state index in [4.69, 9.17) is 28.2 Å². The van der Waals surface area contributed by atoms with Gasteiger partial charge < -0.3 is 13.3 Å². The molecular formula is C55H33N3O3. The summed E-state index contributed by atoms with van der Waals surface area (Å²) in [6.07, 6.45) is 6.32. The molecule has 0 aliphatic heterocycles. The summed E-state index contributed by atoms with van der Waals surface area (Å²) in [4.78, 5) is 15.7. The van der Waals surface area contributed by atoms with Gasteiger partial charge in [0.25, 0.3) is 0 Å². The summed E-state index contributed by atoms with van der Waals surface area (Å²) in [5.74, 6) is 2.74. The van der Waals surface area contributed by atoms with Gasteiger partial charge in [0.2, 0.25) is 0 Å². The van der Waals surface area contributed by atoms with E-state index in [0.717, 1.165) is 129 Å². The number of allylic oxidation sites excluding steroid dienone is 1. The minimum atomic E-state index is 0.560. The lowest BCUT2D eigenvalue weighted by atomic mass is 9.90. The van der Waals surface area contributed by atoms with Crippen LogP contribution in [0, 0.1) is 0 Å². The van der Waals surface area contributed by atoms with Gasteiger partial charge in [-0.25, -0.2) is 15.0 Å². The fraction of sp³-hybridized carbons (Fsp3) is 0.0364. The van der Waals surface area contributed by atoms with E-state index in [1.54, 1.807) is 0 Å². The third-order valence-corrected chi connectivity index (χ3v) is 12.2. The van der Waals surface area contributed by atoms with Crippen LogP contribution in [0.4, 0.5) is 0 Å². The van der Waals surface area contributed by atoms with Gasteiger partial charge in [-0.1, -0.05) is 140 Å². The number of fused-ring (bicyclic) bond motifs is 10. The van der Waals surface area contributed by atoms with Crippen LogP contribution in [-0.4, -0.2) is 15.0 Å². The Morgan fingerprint density at radius 3 is 1.98 bits per heavy atom. The van der Waals surface area contributed by atoms with Crippen molar-refractivity contribution in [2.75, 3.05) is 0 Å². The van der Waals surface area contributed by atoms with Crippen molar-refractivity contribution in [3.05, 3.63) is 181 Å². The molecule has 0 bridgehead atoms. The number of aryl methyl sites for hydroxylation is 1. The Labute approximate surface area is 349 Å². The van der Waals surface area contributed by atoms with Crippen molar-refractivity contribution in [3.63, 3.8) is 0 Å². The number of benzene rings is 8. The fourth-order valence-corrected chi connectivity index (χ4v) is 9.35. The van der Waals surface area contributed by atoms with Crippen molar-refractivity contribution < 1.29 is 13.3 Å². The second-order valence-electron chi connectivity index (χ2n) is 15.7. The maximum atomic E-state index is 6.95. The molecule has 0 saturated carbocycles. The average molecular weight is 784 g/mol. The van der Waals surface area contributed by atoms with E-state index in [1.807, 2.05) is 48.5 Å². The Morgan fingerprint density at radius 1 is 0.410 bits per heavy atom. The molecule has 6 nitrogen and oxygen atoms in total. The molecule has 8 aromatic carbocycles. The lowest BCUT2D eigenvalue weighted by Gasteiger charge is -2.11. The molecule has 4 heterocycles. The monoisotopic (exact) mass is 783 g/mol. The van der Waals surface area contributed by atoms with Gasteiger partial charge in [-0.15, -0.1) is 0 Å². The summed E-state index contributed by atoms with van der Waals surface area (Å²) in [6.45, 7) is 0. The van der Waals surface area contributed by atoms with E-state index in [1.165, 1.54) is 0 Å². The Balaban J connectivity index is 1.04. The van der Waals surface area contributed by atoms with E-state index >= 15 is 0 Å². The van der Waals surface area contributed by atoms with Crippen molar-refractivity contribution in [1.82, 2.24) is 15.0 Å². The molecule has 0 fully saturated rings. The highest BCUT2D eigenvalue weighted by Crippen LogP contribution is 2.47. The largest absolute Gasteiger partial charge is 0.460 e. The fourth-order valence-electron chi connectivity index (χ4n) is 9.35. The SMILES string of the molecule is C1=Cc2c(oc3cc4ccccc4c(-c4cccc5c4oc4cccc(-c6nc(-c7ccc(-c8ccccc8)cc7)nc(-c7ccc8oc9ccccc9c8c7)n6)c45)c23)CC1. The first kappa shape index (κ1) is 33.8. The van der Waals surface area contributed by atoms with Gasteiger partial charge in [0.1, 0.15) is 33.7 Å². The number of hydrogen-bond acceptors (Lipinski definition) is 6. The zero-order chi connectivity index (χ0) is 40.0. The molecule has 4 aromatic heterocycles. The standard InChI is InChI=1S/C55H33N3O3/c1-2-12-32(13-3-1)33-24-26-34(27-25-33)53-56-54(36-28-29-46-43(30-36)38-16-6-8-21-44(38)59-46)58-55(57-53)42-20-11-23-47-49(42)40-18-10-19-41(52(40)61-47)50-37-15-5-4-14-35(37)31-48-51(50)39-17-7-9-22-45(39)60-48/h1-8,10-21,23-31H,9,22H2. The van der Waals surface area contributed by atoms with Crippen LogP contribution >= 0.6 is 0 Å². The molecule has 1 aliphatic rings. The van der Waals surface area contributed by atoms with E-state index in [-0.39, 0.29) is 0 Å². The quantitative estimate of drug-likeness (QED) is 0.173. The summed E-state index contributed by atoms with van der Waals surface area (Å²) < 4.78 is 19.7. The Bertz CT molecular complexity index is 3760. The molecule has 13 rings (SSSR count). The maximum absolute atomic E-state index is 6.95. The molecule has 0 unspecified atom stereocenters. The number of aromatic nitrogens is 3. The van der Waals surface area contributed by atoms with Crippen LogP contribution < -0.4 is 0 Å². The van der Waals surface area contributed by atoms with Gasteiger partial charge >= 0.3 is 0 Å². The predicted octanol–water partition coefficient (Wildman–Crippen LogP) is 14.9. The molecule has 61 heavy (non-hydrogen) atoms. The van der Waals surface area contributed by atoms with Gasteiger partial charge in [-0.05, 0) is 64.7 Å². The second kappa shape index (κ2) is 13.2. The number of rotatable bonds is 5. The number of nitrogens with zero attached hydrogens (tertiary/aromatic N) is 3. The van der Waals surface area contributed by atoms with Gasteiger partial charge in [-0.3, -0.25) is 0 Å². The number of furan rings is 3. The smallest absolute Gasteiger partial charge is 0.164 e. The molecule has 6 heteroatoms. The van der Waals surface area contributed by atoms with Gasteiger partial charge in [-0.2, -0.15) is 0 Å². The minimum Gasteiger partial charge on any atom is -0.460 e. The van der Waals surface area contributed by atoms with Gasteiger partial charge in [0.15, 0.2) is 17.5 Å². The summed E-state index contributed by atoms with van der Waals surface area (Å²) in [5, 5.41) is 7.38. The molecule has 12 aromatic rings. The Morgan fingerprint density at radius 2 is 1.08 bits per heavy atom. The second-order valence-corrected chi connectivity index (χ2v) is 15.7.